The minimum absolute atomic E-state index is 0.356. The predicted octanol–water partition coefficient (Wildman–Crippen LogP) is 4.51. The summed E-state index contributed by atoms with van der Waals surface area (Å²) >= 11 is 0. The third-order valence-corrected chi connectivity index (χ3v) is 7.93. The molecule has 0 radical (unpaired) electrons. The molecule has 3 N–H and O–H groups in total. The second-order valence-corrected chi connectivity index (χ2v) is 10.2. The van der Waals surface area contributed by atoms with Gasteiger partial charge in [0.05, 0.1) is 0 Å². The smallest absolute Gasteiger partial charge is 0.410 e. The lowest BCUT2D eigenvalue weighted by atomic mass is 9.53. The molecule has 1 amide bonds. The number of benzene rings is 1. The number of carbonyl (C=O) groups is 1. The summed E-state index contributed by atoms with van der Waals surface area (Å²) in [5, 5.41) is 2.49. The number of carbonyl (C=O) groups excluding carboxylic acids is 1. The van der Waals surface area contributed by atoms with Crippen LogP contribution in [0.3, 0.4) is 0 Å². The Bertz CT molecular complexity index is 752. The molecule has 6 fully saturated rings. The molecule has 1 aromatic rings. The van der Waals surface area contributed by atoms with Gasteiger partial charge in [-0.25, -0.2) is 4.79 Å². The number of nitrogens with one attached hydrogen (secondary N) is 1. The molecule has 5 aliphatic carbocycles. The van der Waals surface area contributed by atoms with Gasteiger partial charge in [-0.15, -0.1) is 0 Å². The van der Waals surface area contributed by atoms with Crippen molar-refractivity contribution in [2.45, 2.75) is 75.8 Å². The van der Waals surface area contributed by atoms with Crippen LogP contribution in [0.15, 0.2) is 30.3 Å². The molecule has 2 spiro atoms. The SMILES string of the molecule is C1CCC2(CC1)OOC1(O2)C2CC3CC(C2)CC1C3.NCCNC(=O)Oc1ccccc1. The molecule has 176 valence electrons. The molecule has 1 heterocycles. The summed E-state index contributed by atoms with van der Waals surface area (Å²) in [6, 6.07) is 8.87. The van der Waals surface area contributed by atoms with E-state index in [2.05, 4.69) is 5.32 Å². The minimum Gasteiger partial charge on any atom is -0.410 e. The van der Waals surface area contributed by atoms with E-state index in [9.17, 15) is 4.79 Å². The van der Waals surface area contributed by atoms with Gasteiger partial charge in [-0.1, -0.05) is 24.6 Å². The van der Waals surface area contributed by atoms with Crippen LogP contribution in [-0.2, 0) is 14.5 Å². The Morgan fingerprint density at radius 2 is 1.62 bits per heavy atom. The second kappa shape index (κ2) is 9.29. The number of para-hydroxylation sites is 1. The van der Waals surface area contributed by atoms with Crippen LogP contribution in [0, 0.1) is 23.7 Å². The fourth-order valence-electron chi connectivity index (χ4n) is 6.69. The van der Waals surface area contributed by atoms with Crippen molar-refractivity contribution in [2.24, 2.45) is 29.4 Å². The van der Waals surface area contributed by atoms with Gasteiger partial charge in [0.15, 0.2) is 0 Å². The van der Waals surface area contributed by atoms with Crippen LogP contribution in [0.1, 0.15) is 64.2 Å². The topological polar surface area (TPSA) is 92.0 Å². The van der Waals surface area contributed by atoms with E-state index in [0.717, 1.165) is 24.7 Å². The van der Waals surface area contributed by atoms with Crippen molar-refractivity contribution >= 4 is 6.09 Å². The summed E-state index contributed by atoms with van der Waals surface area (Å²) < 4.78 is 11.5. The zero-order chi connectivity index (χ0) is 22.0. The molecular weight excluding hydrogens is 408 g/mol. The third-order valence-electron chi connectivity index (χ3n) is 7.93. The van der Waals surface area contributed by atoms with Crippen molar-refractivity contribution in [3.05, 3.63) is 30.3 Å². The van der Waals surface area contributed by atoms with Gasteiger partial charge in [-0.2, -0.15) is 9.78 Å². The molecule has 7 heteroatoms. The molecule has 4 bridgehead atoms. The normalized spacial score (nSPS) is 36.0. The third kappa shape index (κ3) is 4.40. The van der Waals surface area contributed by atoms with Gasteiger partial charge in [-0.05, 0) is 68.9 Å². The number of ether oxygens (including phenoxy) is 2. The van der Waals surface area contributed by atoms with Gasteiger partial charge < -0.3 is 20.5 Å². The summed E-state index contributed by atoms with van der Waals surface area (Å²) in [7, 11) is 0. The van der Waals surface area contributed by atoms with E-state index in [1.165, 1.54) is 51.4 Å². The van der Waals surface area contributed by atoms with Crippen molar-refractivity contribution < 1.29 is 24.0 Å². The van der Waals surface area contributed by atoms with Crippen LogP contribution in [0.5, 0.6) is 5.75 Å². The summed E-state index contributed by atoms with van der Waals surface area (Å²) in [6.07, 6.45) is 12.1. The summed E-state index contributed by atoms with van der Waals surface area (Å²) in [6.45, 7) is 0.829. The van der Waals surface area contributed by atoms with Crippen LogP contribution in [0.2, 0.25) is 0 Å². The van der Waals surface area contributed by atoms with E-state index in [1.807, 2.05) is 6.07 Å². The van der Waals surface area contributed by atoms with E-state index in [0.29, 0.717) is 30.7 Å². The molecule has 0 atom stereocenters. The first-order chi connectivity index (χ1) is 15.6. The van der Waals surface area contributed by atoms with Crippen LogP contribution in [0.4, 0.5) is 4.79 Å². The number of amides is 1. The van der Waals surface area contributed by atoms with Crippen LogP contribution in [-0.4, -0.2) is 30.8 Å². The zero-order valence-corrected chi connectivity index (χ0v) is 18.8. The fourth-order valence-corrected chi connectivity index (χ4v) is 6.69. The van der Waals surface area contributed by atoms with E-state index < -0.39 is 6.09 Å². The second-order valence-electron chi connectivity index (χ2n) is 10.2. The monoisotopic (exact) mass is 444 g/mol. The average Bonchev–Trinajstić information content (AvgIpc) is 3.17. The summed E-state index contributed by atoms with van der Waals surface area (Å²) in [4.78, 5) is 22.8. The molecule has 7 rings (SSSR count). The van der Waals surface area contributed by atoms with Gasteiger partial charge in [0.2, 0.25) is 11.6 Å². The van der Waals surface area contributed by atoms with Gasteiger partial charge in [0.25, 0.3) is 0 Å². The van der Waals surface area contributed by atoms with Crippen molar-refractivity contribution in [2.75, 3.05) is 13.1 Å². The van der Waals surface area contributed by atoms with Crippen molar-refractivity contribution in [3.8, 4) is 5.75 Å². The van der Waals surface area contributed by atoms with Gasteiger partial charge in [-0.3, -0.25) is 0 Å². The van der Waals surface area contributed by atoms with Crippen LogP contribution in [0.25, 0.3) is 0 Å². The van der Waals surface area contributed by atoms with Gasteiger partial charge in [0.1, 0.15) is 5.75 Å². The highest BCUT2D eigenvalue weighted by molar-refractivity contribution is 5.70. The maximum Gasteiger partial charge on any atom is 0.412 e. The van der Waals surface area contributed by atoms with E-state index in [1.54, 1.807) is 24.3 Å². The quantitative estimate of drug-likeness (QED) is 0.667. The molecule has 6 aliphatic rings. The first kappa shape index (κ1) is 22.1. The summed E-state index contributed by atoms with van der Waals surface area (Å²) in [5.74, 6) is 2.89. The van der Waals surface area contributed by atoms with Crippen molar-refractivity contribution in [1.82, 2.24) is 5.32 Å². The van der Waals surface area contributed by atoms with Crippen molar-refractivity contribution in [3.63, 3.8) is 0 Å². The highest BCUT2D eigenvalue weighted by Crippen LogP contribution is 2.63. The first-order valence-electron chi connectivity index (χ1n) is 12.4. The highest BCUT2D eigenvalue weighted by atomic mass is 17.3. The molecular formula is C25H36N2O5. The predicted molar refractivity (Wildman–Crippen MR) is 118 cm³/mol. The Morgan fingerprint density at radius 3 is 2.25 bits per heavy atom. The molecule has 0 aromatic heterocycles. The van der Waals surface area contributed by atoms with Crippen molar-refractivity contribution in [1.29, 1.82) is 0 Å². The molecule has 5 saturated carbocycles. The molecule has 1 aliphatic heterocycles. The van der Waals surface area contributed by atoms with E-state index in [-0.39, 0.29) is 11.6 Å². The van der Waals surface area contributed by atoms with Gasteiger partial charge in [0, 0.05) is 37.8 Å². The Hall–Kier alpha value is -1.67. The Labute approximate surface area is 190 Å². The standard InChI is InChI=1S/C16H24O3.C9H12N2O2/c1-2-4-15(5-3-1)17-16(19-18-15)13-7-11-6-12(9-13)10-14(16)8-11;10-6-7-11-9(12)13-8-4-2-1-3-5-8/h11-14H,1-10H2;1-5H,6-7,10H2,(H,11,12). The molecule has 7 nitrogen and oxygen atoms in total. The summed E-state index contributed by atoms with van der Waals surface area (Å²) in [5.41, 5.74) is 5.20. The van der Waals surface area contributed by atoms with E-state index in [4.69, 9.17) is 25.0 Å². The molecule has 1 aromatic carbocycles. The lowest BCUT2D eigenvalue weighted by Gasteiger charge is -2.57. The zero-order valence-electron chi connectivity index (χ0n) is 18.8. The Morgan fingerprint density at radius 1 is 0.969 bits per heavy atom. The molecule has 0 unspecified atom stereocenters. The largest absolute Gasteiger partial charge is 0.412 e. The van der Waals surface area contributed by atoms with Crippen LogP contribution < -0.4 is 15.8 Å². The minimum atomic E-state index is -0.475. The number of nitrogens with two attached hydrogens (primary N) is 1. The molecule has 1 saturated heterocycles. The fraction of sp³-hybridized carbons (Fsp3) is 0.720. The number of hydrogen-bond acceptors (Lipinski definition) is 6. The lowest BCUT2D eigenvalue weighted by molar-refractivity contribution is -0.390. The Kier molecular flexibility index (Phi) is 6.43. The molecule has 32 heavy (non-hydrogen) atoms. The van der Waals surface area contributed by atoms with Gasteiger partial charge >= 0.3 is 6.09 Å². The highest BCUT2D eigenvalue weighted by Gasteiger charge is 2.66. The van der Waals surface area contributed by atoms with E-state index >= 15 is 0 Å². The maximum atomic E-state index is 11.0. The number of rotatable bonds is 3. The number of hydrogen-bond donors (Lipinski definition) is 2. The van der Waals surface area contributed by atoms with Crippen LogP contribution >= 0.6 is 0 Å². The maximum absolute atomic E-state index is 11.0. The average molecular weight is 445 g/mol. The lowest BCUT2D eigenvalue weighted by Crippen LogP contribution is -2.59. The Balaban J connectivity index is 0.000000147. The first-order valence-corrected chi connectivity index (χ1v) is 12.4.